The summed E-state index contributed by atoms with van der Waals surface area (Å²) < 4.78 is 5.74. The Morgan fingerprint density at radius 3 is 2.86 bits per heavy atom. The van der Waals surface area contributed by atoms with Gasteiger partial charge in [-0.1, -0.05) is 41.7 Å². The highest BCUT2D eigenvalue weighted by Gasteiger charge is 2.29. The highest BCUT2D eigenvalue weighted by molar-refractivity contribution is 7.15. The summed E-state index contributed by atoms with van der Waals surface area (Å²) in [5.74, 6) is 0. The summed E-state index contributed by atoms with van der Waals surface area (Å²) in [4.78, 5) is 0. The molecular weight excluding hydrogens is 282 g/mol. The maximum atomic E-state index is 5.74. The molecule has 0 amide bonds. The van der Waals surface area contributed by atoms with E-state index in [0.29, 0.717) is 6.04 Å². The van der Waals surface area contributed by atoms with Gasteiger partial charge in [0.2, 0.25) is 5.13 Å². The lowest BCUT2D eigenvalue weighted by molar-refractivity contribution is -0.0553. The molecule has 1 atom stereocenters. The lowest BCUT2D eigenvalue weighted by atomic mass is 9.94. The smallest absolute Gasteiger partial charge is 0.205 e. The van der Waals surface area contributed by atoms with Crippen molar-refractivity contribution in [2.24, 2.45) is 0 Å². The number of hydrogen-bond donors (Lipinski definition) is 1. The van der Waals surface area contributed by atoms with E-state index < -0.39 is 0 Å². The highest BCUT2D eigenvalue weighted by Crippen LogP contribution is 2.27. The van der Waals surface area contributed by atoms with Crippen LogP contribution in [0.4, 0.5) is 5.13 Å². The van der Waals surface area contributed by atoms with Crippen molar-refractivity contribution in [3.63, 3.8) is 0 Å². The van der Waals surface area contributed by atoms with E-state index >= 15 is 0 Å². The maximum absolute atomic E-state index is 5.74. The zero-order valence-electron chi connectivity index (χ0n) is 12.5. The highest BCUT2D eigenvalue weighted by atomic mass is 32.1. The molecule has 21 heavy (non-hydrogen) atoms. The van der Waals surface area contributed by atoms with Gasteiger partial charge in [-0.25, -0.2) is 0 Å². The largest absolute Gasteiger partial charge is 0.375 e. The molecule has 2 aromatic rings. The Labute approximate surface area is 129 Å². The molecule has 1 aromatic carbocycles. The van der Waals surface area contributed by atoms with E-state index in [1.807, 2.05) is 6.07 Å². The number of aromatic nitrogens is 2. The summed E-state index contributed by atoms with van der Waals surface area (Å²) in [6, 6.07) is 10.8. The lowest BCUT2D eigenvalue weighted by Gasteiger charge is -2.35. The fraction of sp³-hybridized carbons (Fsp3) is 0.500. The van der Waals surface area contributed by atoms with Crippen LogP contribution in [0.5, 0.6) is 0 Å². The lowest BCUT2D eigenvalue weighted by Crippen LogP contribution is -2.40. The first-order valence-electron chi connectivity index (χ1n) is 7.37. The first-order valence-corrected chi connectivity index (χ1v) is 8.19. The van der Waals surface area contributed by atoms with Gasteiger partial charge in [-0.15, -0.1) is 10.2 Å². The molecule has 112 valence electrons. The van der Waals surface area contributed by atoms with E-state index in [-0.39, 0.29) is 5.60 Å². The van der Waals surface area contributed by atoms with E-state index in [2.05, 4.69) is 53.6 Å². The number of anilines is 1. The molecule has 0 aliphatic carbocycles. The van der Waals surface area contributed by atoms with Gasteiger partial charge in [0, 0.05) is 19.1 Å². The number of nitrogens with one attached hydrogen (secondary N) is 1. The van der Waals surface area contributed by atoms with Crippen molar-refractivity contribution < 1.29 is 4.74 Å². The van der Waals surface area contributed by atoms with Crippen molar-refractivity contribution in [2.45, 2.75) is 44.8 Å². The number of nitrogens with zero attached hydrogens (tertiary/aromatic N) is 2. The van der Waals surface area contributed by atoms with Gasteiger partial charge in [-0.3, -0.25) is 0 Å². The molecule has 1 N–H and O–H groups in total. The summed E-state index contributed by atoms with van der Waals surface area (Å²) in [5.41, 5.74) is 1.22. The Hall–Kier alpha value is -1.46. The molecule has 0 radical (unpaired) electrons. The molecule has 3 rings (SSSR count). The fourth-order valence-corrected chi connectivity index (χ4v) is 3.53. The number of benzene rings is 1. The Kier molecular flexibility index (Phi) is 4.22. The van der Waals surface area contributed by atoms with Crippen molar-refractivity contribution >= 4 is 16.5 Å². The molecule has 0 bridgehead atoms. The number of ether oxygens (including phenoxy) is 1. The molecule has 0 saturated carbocycles. The SMILES string of the molecule is CC1(C)CC(Nc2nnc(Cc3ccccc3)s2)CCO1. The van der Waals surface area contributed by atoms with Gasteiger partial charge in [-0.2, -0.15) is 0 Å². The van der Waals surface area contributed by atoms with Crippen LogP contribution in [0.15, 0.2) is 30.3 Å². The minimum Gasteiger partial charge on any atom is -0.375 e. The minimum atomic E-state index is -0.0481. The van der Waals surface area contributed by atoms with Gasteiger partial charge in [0.25, 0.3) is 0 Å². The molecule has 1 unspecified atom stereocenters. The van der Waals surface area contributed by atoms with Crippen LogP contribution in [0.1, 0.15) is 37.3 Å². The summed E-state index contributed by atoms with van der Waals surface area (Å²) >= 11 is 1.65. The van der Waals surface area contributed by atoms with E-state index in [4.69, 9.17) is 4.74 Å². The van der Waals surface area contributed by atoms with E-state index in [9.17, 15) is 0 Å². The van der Waals surface area contributed by atoms with Crippen LogP contribution >= 0.6 is 11.3 Å². The van der Waals surface area contributed by atoms with E-state index in [1.165, 1.54) is 5.56 Å². The molecule has 2 heterocycles. The van der Waals surface area contributed by atoms with E-state index in [0.717, 1.165) is 36.0 Å². The first kappa shape index (κ1) is 14.5. The Morgan fingerprint density at radius 2 is 2.10 bits per heavy atom. The van der Waals surface area contributed by atoms with E-state index in [1.54, 1.807) is 11.3 Å². The molecule has 1 saturated heterocycles. The third-order valence-electron chi connectivity index (χ3n) is 3.69. The predicted octanol–water partition coefficient (Wildman–Crippen LogP) is 3.50. The number of rotatable bonds is 4. The van der Waals surface area contributed by atoms with Crippen molar-refractivity contribution in [1.29, 1.82) is 0 Å². The zero-order chi connectivity index (χ0) is 14.7. The Morgan fingerprint density at radius 1 is 1.29 bits per heavy atom. The zero-order valence-corrected chi connectivity index (χ0v) is 13.3. The molecule has 1 aromatic heterocycles. The van der Waals surface area contributed by atoms with Crippen LogP contribution < -0.4 is 5.32 Å². The van der Waals surface area contributed by atoms with Gasteiger partial charge in [0.15, 0.2) is 0 Å². The van der Waals surface area contributed by atoms with Crippen LogP contribution in [0.2, 0.25) is 0 Å². The topological polar surface area (TPSA) is 47.0 Å². The predicted molar refractivity (Wildman–Crippen MR) is 85.8 cm³/mol. The number of hydrogen-bond acceptors (Lipinski definition) is 5. The van der Waals surface area contributed by atoms with Crippen LogP contribution in [0.3, 0.4) is 0 Å². The second-order valence-corrected chi connectivity index (χ2v) is 7.17. The van der Waals surface area contributed by atoms with Crippen LogP contribution in [0.25, 0.3) is 0 Å². The van der Waals surface area contributed by atoms with Gasteiger partial charge in [-0.05, 0) is 32.3 Å². The molecule has 4 nitrogen and oxygen atoms in total. The van der Waals surface area contributed by atoms with Crippen molar-refractivity contribution in [2.75, 3.05) is 11.9 Å². The normalized spacial score (nSPS) is 21.1. The van der Waals surface area contributed by atoms with Crippen molar-refractivity contribution in [3.05, 3.63) is 40.9 Å². The van der Waals surface area contributed by atoms with Gasteiger partial charge < -0.3 is 10.1 Å². The van der Waals surface area contributed by atoms with Gasteiger partial charge in [0.1, 0.15) is 5.01 Å². The summed E-state index contributed by atoms with van der Waals surface area (Å²) in [7, 11) is 0. The molecule has 1 aliphatic rings. The van der Waals surface area contributed by atoms with Crippen LogP contribution in [0, 0.1) is 0 Å². The van der Waals surface area contributed by atoms with Gasteiger partial charge >= 0.3 is 0 Å². The molecule has 5 heteroatoms. The first-order chi connectivity index (χ1) is 10.1. The standard InChI is InChI=1S/C16H21N3OS/c1-16(2)11-13(8-9-20-16)17-15-19-18-14(21-15)10-12-6-4-3-5-7-12/h3-7,13H,8-11H2,1-2H3,(H,17,19). The summed E-state index contributed by atoms with van der Waals surface area (Å²) in [6.45, 7) is 5.09. The Bertz CT molecular complexity index is 582. The van der Waals surface area contributed by atoms with Crippen molar-refractivity contribution in [3.8, 4) is 0 Å². The third-order valence-corrected chi connectivity index (χ3v) is 4.54. The monoisotopic (exact) mass is 303 g/mol. The van der Waals surface area contributed by atoms with Gasteiger partial charge in [0.05, 0.1) is 5.60 Å². The average molecular weight is 303 g/mol. The Balaban J connectivity index is 1.60. The molecular formula is C16H21N3OS. The maximum Gasteiger partial charge on any atom is 0.205 e. The summed E-state index contributed by atoms with van der Waals surface area (Å²) in [6.07, 6.45) is 2.87. The average Bonchev–Trinajstić information content (AvgIpc) is 2.86. The van der Waals surface area contributed by atoms with Crippen LogP contribution in [-0.4, -0.2) is 28.4 Å². The quantitative estimate of drug-likeness (QED) is 0.939. The summed E-state index contributed by atoms with van der Waals surface area (Å²) in [5, 5.41) is 14.0. The third kappa shape index (κ3) is 4.02. The molecule has 1 aliphatic heterocycles. The van der Waals surface area contributed by atoms with Crippen molar-refractivity contribution in [1.82, 2.24) is 10.2 Å². The second-order valence-electron chi connectivity index (χ2n) is 6.11. The second kappa shape index (κ2) is 6.12. The molecule has 1 fully saturated rings. The minimum absolute atomic E-state index is 0.0481. The molecule has 0 spiro atoms. The fourth-order valence-electron chi connectivity index (χ4n) is 2.68. The van der Waals surface area contributed by atoms with Crippen LogP contribution in [-0.2, 0) is 11.2 Å².